The molecule has 3 aromatic rings. The molecule has 1 atom stereocenters. The van der Waals surface area contributed by atoms with Crippen LogP contribution in [0.4, 0.5) is 5.69 Å². The number of rotatable bonds is 10. The molecule has 7 nitrogen and oxygen atoms in total. The largest absolute Gasteiger partial charge is 0.372 e. The Morgan fingerprint density at radius 1 is 1.05 bits per heavy atom. The molecular weight excluding hydrogens is 528 g/mol. The third kappa shape index (κ3) is 7.03. The monoisotopic (exact) mass is 558 g/mol. The number of anilines is 1. The minimum absolute atomic E-state index is 0.0609. The van der Waals surface area contributed by atoms with Crippen molar-refractivity contribution in [3.63, 3.8) is 0 Å². The van der Waals surface area contributed by atoms with Crippen molar-refractivity contribution in [2.75, 3.05) is 29.5 Å². The van der Waals surface area contributed by atoms with E-state index in [-0.39, 0.29) is 34.7 Å². The molecule has 2 aromatic carbocycles. The van der Waals surface area contributed by atoms with Crippen LogP contribution in [0.25, 0.3) is 0 Å². The second-order valence-corrected chi connectivity index (χ2v) is 12.5. The number of carbonyl (C=O) groups excluding carboxylic acids is 1. The van der Waals surface area contributed by atoms with Crippen LogP contribution in [-0.2, 0) is 22.1 Å². The summed E-state index contributed by atoms with van der Waals surface area (Å²) in [6, 6.07) is 17.5. The van der Waals surface area contributed by atoms with Gasteiger partial charge in [-0.15, -0.1) is 0 Å². The first-order chi connectivity index (χ1) is 17.8. The number of amides is 1. The maximum Gasteiger partial charge on any atom is 0.274 e. The average Bonchev–Trinajstić information content (AvgIpc) is 3.27. The summed E-state index contributed by atoms with van der Waals surface area (Å²) >= 11 is 7.82. The van der Waals surface area contributed by atoms with Crippen LogP contribution in [0.1, 0.15) is 41.9 Å². The molecule has 0 aliphatic carbocycles. The second-order valence-electron chi connectivity index (χ2n) is 8.95. The summed E-state index contributed by atoms with van der Waals surface area (Å²) in [4.78, 5) is 26.4. The zero-order chi connectivity index (χ0) is 26.4. The number of halogens is 1. The Hall–Kier alpha value is -2.62. The Morgan fingerprint density at radius 3 is 2.38 bits per heavy atom. The van der Waals surface area contributed by atoms with Gasteiger partial charge in [0.25, 0.3) is 5.91 Å². The number of aromatic nitrogens is 2. The van der Waals surface area contributed by atoms with E-state index >= 15 is 0 Å². The molecule has 0 radical (unpaired) electrons. The Balaban J connectivity index is 1.58. The number of hydrogen-bond donors (Lipinski definition) is 0. The Bertz CT molecular complexity index is 1320. The molecule has 1 amide bonds. The maximum absolute atomic E-state index is 13.8. The third-order valence-corrected chi connectivity index (χ3v) is 9.42. The summed E-state index contributed by atoms with van der Waals surface area (Å²) in [5.41, 5.74) is 3.23. The number of benzene rings is 2. The van der Waals surface area contributed by atoms with E-state index in [2.05, 4.69) is 28.7 Å². The van der Waals surface area contributed by atoms with Gasteiger partial charge in [0.15, 0.2) is 20.7 Å². The van der Waals surface area contributed by atoms with Crippen molar-refractivity contribution in [2.45, 2.75) is 43.8 Å². The summed E-state index contributed by atoms with van der Waals surface area (Å²) in [7, 11) is -3.20. The fourth-order valence-corrected chi connectivity index (χ4v) is 7.09. The summed E-state index contributed by atoms with van der Waals surface area (Å²) in [6.45, 7) is 6.28. The molecule has 1 aliphatic rings. The van der Waals surface area contributed by atoms with Gasteiger partial charge in [-0.25, -0.2) is 18.4 Å². The van der Waals surface area contributed by atoms with Gasteiger partial charge in [0.1, 0.15) is 0 Å². The molecule has 196 valence electrons. The van der Waals surface area contributed by atoms with Crippen molar-refractivity contribution >= 4 is 44.8 Å². The summed E-state index contributed by atoms with van der Waals surface area (Å²) in [5, 5.41) is 0.593. The summed E-state index contributed by atoms with van der Waals surface area (Å²) < 4.78 is 24.6. The molecule has 1 fully saturated rings. The van der Waals surface area contributed by atoms with Crippen molar-refractivity contribution in [1.29, 1.82) is 0 Å². The van der Waals surface area contributed by atoms with Crippen LogP contribution in [0.15, 0.2) is 66.0 Å². The lowest BCUT2D eigenvalue weighted by Gasteiger charge is -2.29. The van der Waals surface area contributed by atoms with Crippen LogP contribution in [0.2, 0.25) is 5.02 Å². The van der Waals surface area contributed by atoms with Crippen LogP contribution in [0, 0.1) is 0 Å². The van der Waals surface area contributed by atoms with E-state index in [0.29, 0.717) is 17.3 Å². The molecule has 4 rings (SSSR count). The highest BCUT2D eigenvalue weighted by molar-refractivity contribution is 7.98. The standard InChI is InChI=1S/C27H31ClN4O3S2/c1-3-31(4-2)22-12-10-20(11-13-22)17-32(23-14-15-37(34,35)19-23)26(33)25-24(28)16-29-27(30-25)36-18-21-8-6-5-7-9-21/h5-13,16,23H,3-4,14-15,17-19H2,1-2H3/t23-/m1/s1. The highest BCUT2D eigenvalue weighted by Gasteiger charge is 2.36. The minimum atomic E-state index is -3.20. The fraction of sp³-hybridized carbons (Fsp3) is 0.370. The number of carbonyl (C=O) groups is 1. The van der Waals surface area contributed by atoms with Crippen LogP contribution in [-0.4, -0.2) is 59.8 Å². The van der Waals surface area contributed by atoms with Gasteiger partial charge in [-0.1, -0.05) is 65.8 Å². The molecular formula is C27H31ClN4O3S2. The zero-order valence-corrected chi connectivity index (χ0v) is 23.4. The average molecular weight is 559 g/mol. The lowest BCUT2D eigenvalue weighted by Crippen LogP contribution is -2.41. The molecule has 0 N–H and O–H groups in total. The first-order valence-corrected chi connectivity index (χ1v) is 15.5. The Labute approximate surface area is 228 Å². The topological polar surface area (TPSA) is 83.5 Å². The summed E-state index contributed by atoms with van der Waals surface area (Å²) in [5.74, 6) is 0.274. The predicted octanol–water partition coefficient (Wildman–Crippen LogP) is 5.10. The smallest absolute Gasteiger partial charge is 0.274 e. The molecule has 0 saturated carbocycles. The lowest BCUT2D eigenvalue weighted by atomic mass is 10.1. The van der Waals surface area contributed by atoms with Crippen molar-refractivity contribution in [1.82, 2.24) is 14.9 Å². The molecule has 0 unspecified atom stereocenters. The van der Waals surface area contributed by atoms with Gasteiger partial charge in [0.2, 0.25) is 0 Å². The number of nitrogens with zero attached hydrogens (tertiary/aromatic N) is 4. The van der Waals surface area contributed by atoms with Crippen molar-refractivity contribution in [3.05, 3.63) is 82.6 Å². The van der Waals surface area contributed by atoms with Gasteiger partial charge in [-0.2, -0.15) is 0 Å². The predicted molar refractivity (Wildman–Crippen MR) is 150 cm³/mol. The van der Waals surface area contributed by atoms with Gasteiger partial charge >= 0.3 is 0 Å². The highest BCUT2D eigenvalue weighted by atomic mass is 35.5. The van der Waals surface area contributed by atoms with Crippen LogP contribution >= 0.6 is 23.4 Å². The van der Waals surface area contributed by atoms with Crippen molar-refractivity contribution in [3.8, 4) is 0 Å². The highest BCUT2D eigenvalue weighted by Crippen LogP contribution is 2.27. The second kappa shape index (κ2) is 12.3. The molecule has 2 heterocycles. The maximum atomic E-state index is 13.8. The summed E-state index contributed by atoms with van der Waals surface area (Å²) in [6.07, 6.45) is 1.83. The van der Waals surface area contributed by atoms with Gasteiger partial charge in [-0.05, 0) is 43.5 Å². The van der Waals surface area contributed by atoms with E-state index in [9.17, 15) is 13.2 Å². The SMILES string of the molecule is CCN(CC)c1ccc(CN(C(=O)c2nc(SCc3ccccc3)ncc2Cl)[C@@H]2CCS(=O)(=O)C2)cc1. The number of thioether (sulfide) groups is 1. The lowest BCUT2D eigenvalue weighted by molar-refractivity contribution is 0.0674. The molecule has 37 heavy (non-hydrogen) atoms. The first kappa shape index (κ1) is 27.4. The van der Waals surface area contributed by atoms with E-state index in [1.54, 1.807) is 4.90 Å². The number of hydrogen-bond acceptors (Lipinski definition) is 7. The van der Waals surface area contributed by atoms with Gasteiger partial charge < -0.3 is 9.80 Å². The molecule has 0 spiro atoms. The normalized spacial score (nSPS) is 16.5. The molecule has 1 saturated heterocycles. The molecule has 10 heteroatoms. The Kier molecular flexibility index (Phi) is 9.10. The minimum Gasteiger partial charge on any atom is -0.372 e. The van der Waals surface area contributed by atoms with Crippen molar-refractivity contribution < 1.29 is 13.2 Å². The fourth-order valence-electron chi connectivity index (χ4n) is 4.41. The van der Waals surface area contributed by atoms with Gasteiger partial charge in [-0.3, -0.25) is 4.79 Å². The van der Waals surface area contributed by atoms with E-state index in [1.165, 1.54) is 18.0 Å². The quantitative estimate of drug-likeness (QED) is 0.253. The van der Waals surface area contributed by atoms with Gasteiger partial charge in [0, 0.05) is 37.1 Å². The van der Waals surface area contributed by atoms with Crippen LogP contribution in [0.5, 0.6) is 0 Å². The zero-order valence-electron chi connectivity index (χ0n) is 21.0. The Morgan fingerprint density at radius 2 is 1.76 bits per heavy atom. The molecule has 1 aromatic heterocycles. The van der Waals surface area contributed by atoms with Crippen LogP contribution < -0.4 is 4.90 Å². The molecule has 1 aliphatic heterocycles. The molecule has 0 bridgehead atoms. The van der Waals surface area contributed by atoms with Gasteiger partial charge in [0.05, 0.1) is 22.7 Å². The van der Waals surface area contributed by atoms with Crippen molar-refractivity contribution in [2.24, 2.45) is 0 Å². The third-order valence-electron chi connectivity index (χ3n) is 6.46. The van der Waals surface area contributed by atoms with Crippen LogP contribution in [0.3, 0.4) is 0 Å². The van der Waals surface area contributed by atoms with E-state index < -0.39 is 15.9 Å². The van der Waals surface area contributed by atoms with E-state index in [4.69, 9.17) is 11.6 Å². The first-order valence-electron chi connectivity index (χ1n) is 12.3. The number of sulfone groups is 1. The van der Waals surface area contributed by atoms with E-state index in [0.717, 1.165) is 29.9 Å². The van der Waals surface area contributed by atoms with E-state index in [1.807, 2.05) is 54.6 Å².